The summed E-state index contributed by atoms with van der Waals surface area (Å²) in [7, 11) is 3.45. The van der Waals surface area contributed by atoms with Gasteiger partial charge in [0.2, 0.25) is 0 Å². The number of methoxy groups -OCH3 is 1. The molecule has 2 amide bonds. The first-order valence-electron chi connectivity index (χ1n) is 7.84. The van der Waals surface area contributed by atoms with Gasteiger partial charge in [-0.1, -0.05) is 18.2 Å². The molecule has 1 N–H and O–H groups in total. The molecule has 1 heterocycles. The topological polar surface area (TPSA) is 50.8 Å². The standard InChI is InChI=1S/C18H24N2O3S/c1-14(17-8-5-11-24-17)20(2)18(21)19-16-7-4-6-15(12-16)13-23-10-9-22-3/h4-8,11-12,14H,9-10,13H2,1-3H3,(H,19,21)/t14-/m1/s1. The lowest BCUT2D eigenvalue weighted by atomic mass is 10.2. The minimum atomic E-state index is -0.131. The molecule has 1 aromatic carbocycles. The lowest BCUT2D eigenvalue weighted by Crippen LogP contribution is -2.33. The van der Waals surface area contributed by atoms with E-state index in [-0.39, 0.29) is 12.1 Å². The second kappa shape index (κ2) is 9.42. The largest absolute Gasteiger partial charge is 0.382 e. The molecule has 0 aliphatic rings. The Bertz CT molecular complexity index is 631. The van der Waals surface area contributed by atoms with Gasteiger partial charge in [-0.25, -0.2) is 4.79 Å². The molecule has 130 valence electrons. The summed E-state index contributed by atoms with van der Waals surface area (Å²) in [6.07, 6.45) is 0. The summed E-state index contributed by atoms with van der Waals surface area (Å²) in [4.78, 5) is 15.3. The van der Waals surface area contributed by atoms with Gasteiger partial charge >= 0.3 is 6.03 Å². The van der Waals surface area contributed by atoms with E-state index >= 15 is 0 Å². The number of hydrogen-bond acceptors (Lipinski definition) is 4. The number of benzene rings is 1. The molecule has 0 fully saturated rings. The first kappa shape index (κ1) is 18.4. The van der Waals surface area contributed by atoms with Crippen molar-refractivity contribution in [2.75, 3.05) is 32.7 Å². The van der Waals surface area contributed by atoms with Crippen molar-refractivity contribution in [3.63, 3.8) is 0 Å². The third kappa shape index (κ3) is 5.33. The van der Waals surface area contributed by atoms with Gasteiger partial charge in [-0.2, -0.15) is 0 Å². The van der Waals surface area contributed by atoms with Crippen molar-refractivity contribution in [1.29, 1.82) is 0 Å². The summed E-state index contributed by atoms with van der Waals surface area (Å²) in [5.41, 5.74) is 1.77. The Kier molecular flexibility index (Phi) is 7.24. The molecule has 0 unspecified atom stereocenters. The average Bonchev–Trinajstić information content (AvgIpc) is 3.12. The molecule has 0 bridgehead atoms. The van der Waals surface area contributed by atoms with E-state index in [1.807, 2.05) is 48.7 Å². The fourth-order valence-electron chi connectivity index (χ4n) is 2.18. The second-order valence-corrected chi connectivity index (χ2v) is 6.46. The van der Waals surface area contributed by atoms with Crippen LogP contribution in [0.5, 0.6) is 0 Å². The smallest absolute Gasteiger partial charge is 0.322 e. The van der Waals surface area contributed by atoms with Gasteiger partial charge in [-0.15, -0.1) is 11.3 Å². The van der Waals surface area contributed by atoms with Gasteiger partial charge < -0.3 is 19.7 Å². The van der Waals surface area contributed by atoms with Crippen LogP contribution in [-0.2, 0) is 16.1 Å². The van der Waals surface area contributed by atoms with Gasteiger partial charge in [-0.05, 0) is 36.1 Å². The number of carbonyl (C=O) groups is 1. The highest BCUT2D eigenvalue weighted by Crippen LogP contribution is 2.24. The fraction of sp³-hybridized carbons (Fsp3) is 0.389. The SMILES string of the molecule is COCCOCc1cccc(NC(=O)N(C)[C@H](C)c2cccs2)c1. The molecule has 0 aliphatic heterocycles. The monoisotopic (exact) mass is 348 g/mol. The van der Waals surface area contributed by atoms with Crippen molar-refractivity contribution >= 4 is 23.1 Å². The molecule has 2 aromatic rings. The van der Waals surface area contributed by atoms with E-state index in [4.69, 9.17) is 9.47 Å². The molecular weight excluding hydrogens is 324 g/mol. The number of carbonyl (C=O) groups excluding carboxylic acids is 1. The summed E-state index contributed by atoms with van der Waals surface area (Å²) in [5, 5.41) is 4.96. The number of hydrogen-bond donors (Lipinski definition) is 1. The molecule has 0 radical (unpaired) electrons. The predicted molar refractivity (Wildman–Crippen MR) is 97.5 cm³/mol. The van der Waals surface area contributed by atoms with Crippen LogP contribution in [0.1, 0.15) is 23.4 Å². The Labute approximate surface area is 147 Å². The third-order valence-electron chi connectivity index (χ3n) is 3.74. The highest BCUT2D eigenvalue weighted by molar-refractivity contribution is 7.10. The number of nitrogens with zero attached hydrogens (tertiary/aromatic N) is 1. The van der Waals surface area contributed by atoms with Crippen molar-refractivity contribution in [2.45, 2.75) is 19.6 Å². The van der Waals surface area contributed by atoms with Crippen LogP contribution < -0.4 is 5.32 Å². The van der Waals surface area contributed by atoms with Gasteiger partial charge in [0, 0.05) is 24.7 Å². The molecule has 0 saturated heterocycles. The van der Waals surface area contributed by atoms with E-state index in [2.05, 4.69) is 5.32 Å². The van der Waals surface area contributed by atoms with E-state index in [9.17, 15) is 4.79 Å². The fourth-order valence-corrected chi connectivity index (χ4v) is 3.00. The summed E-state index contributed by atoms with van der Waals surface area (Å²) < 4.78 is 10.5. The summed E-state index contributed by atoms with van der Waals surface area (Å²) in [6, 6.07) is 11.6. The average molecular weight is 348 g/mol. The summed E-state index contributed by atoms with van der Waals surface area (Å²) in [5.74, 6) is 0. The van der Waals surface area contributed by atoms with Gasteiger partial charge in [0.05, 0.1) is 25.9 Å². The van der Waals surface area contributed by atoms with E-state index in [0.717, 1.165) is 16.1 Å². The van der Waals surface area contributed by atoms with Crippen LogP contribution in [0, 0.1) is 0 Å². The van der Waals surface area contributed by atoms with Gasteiger partial charge in [-0.3, -0.25) is 0 Å². The molecule has 0 aliphatic carbocycles. The van der Waals surface area contributed by atoms with Crippen molar-refractivity contribution in [2.24, 2.45) is 0 Å². The number of urea groups is 1. The minimum absolute atomic E-state index is 0.0329. The molecule has 5 nitrogen and oxygen atoms in total. The van der Waals surface area contributed by atoms with Crippen molar-refractivity contribution in [1.82, 2.24) is 4.90 Å². The quantitative estimate of drug-likeness (QED) is 0.730. The van der Waals surface area contributed by atoms with E-state index in [0.29, 0.717) is 19.8 Å². The molecule has 2 rings (SSSR count). The lowest BCUT2D eigenvalue weighted by molar-refractivity contribution is 0.0617. The zero-order chi connectivity index (χ0) is 17.4. The predicted octanol–water partition coefficient (Wildman–Crippen LogP) is 4.14. The number of ether oxygens (including phenoxy) is 2. The van der Waals surface area contributed by atoms with Crippen LogP contribution in [0.4, 0.5) is 10.5 Å². The lowest BCUT2D eigenvalue weighted by Gasteiger charge is -2.24. The zero-order valence-electron chi connectivity index (χ0n) is 14.3. The van der Waals surface area contributed by atoms with E-state index < -0.39 is 0 Å². The minimum Gasteiger partial charge on any atom is -0.382 e. The van der Waals surface area contributed by atoms with E-state index in [1.54, 1.807) is 30.4 Å². The zero-order valence-corrected chi connectivity index (χ0v) is 15.1. The Balaban J connectivity index is 1.91. The van der Waals surface area contributed by atoms with Crippen LogP contribution in [0.2, 0.25) is 0 Å². The molecule has 6 heteroatoms. The maximum Gasteiger partial charge on any atom is 0.322 e. The number of amides is 2. The van der Waals surface area contributed by atoms with Crippen LogP contribution in [0.25, 0.3) is 0 Å². The van der Waals surface area contributed by atoms with Crippen LogP contribution in [0.3, 0.4) is 0 Å². The number of anilines is 1. The maximum absolute atomic E-state index is 12.4. The van der Waals surface area contributed by atoms with Crippen molar-refractivity contribution in [3.8, 4) is 0 Å². The highest BCUT2D eigenvalue weighted by atomic mass is 32.1. The Morgan fingerprint density at radius 3 is 2.83 bits per heavy atom. The number of rotatable bonds is 8. The molecule has 0 saturated carbocycles. The third-order valence-corrected chi connectivity index (χ3v) is 4.78. The second-order valence-electron chi connectivity index (χ2n) is 5.48. The summed E-state index contributed by atoms with van der Waals surface area (Å²) >= 11 is 1.65. The molecular formula is C18H24N2O3S. The maximum atomic E-state index is 12.4. The first-order valence-corrected chi connectivity index (χ1v) is 8.72. The molecule has 1 aromatic heterocycles. The van der Waals surface area contributed by atoms with E-state index in [1.165, 1.54) is 0 Å². The molecule has 24 heavy (non-hydrogen) atoms. The number of thiophene rings is 1. The van der Waals surface area contributed by atoms with Crippen molar-refractivity contribution in [3.05, 3.63) is 52.2 Å². The van der Waals surface area contributed by atoms with Crippen LogP contribution in [0.15, 0.2) is 41.8 Å². The normalized spacial score (nSPS) is 12.0. The molecule has 0 spiro atoms. The van der Waals surface area contributed by atoms with Crippen LogP contribution >= 0.6 is 11.3 Å². The highest BCUT2D eigenvalue weighted by Gasteiger charge is 2.18. The van der Waals surface area contributed by atoms with Crippen LogP contribution in [-0.4, -0.2) is 38.3 Å². The van der Waals surface area contributed by atoms with Crippen molar-refractivity contribution < 1.29 is 14.3 Å². The first-order chi connectivity index (χ1) is 11.6. The Hall–Kier alpha value is -1.89. The van der Waals surface area contributed by atoms with Gasteiger partial charge in [0.15, 0.2) is 0 Å². The van der Waals surface area contributed by atoms with Gasteiger partial charge in [0.25, 0.3) is 0 Å². The molecule has 1 atom stereocenters. The summed E-state index contributed by atoms with van der Waals surface area (Å²) in [6.45, 7) is 3.63. The number of nitrogens with one attached hydrogen (secondary N) is 1. The van der Waals surface area contributed by atoms with Gasteiger partial charge in [0.1, 0.15) is 0 Å². The Morgan fingerprint density at radius 2 is 2.12 bits per heavy atom. The Morgan fingerprint density at radius 1 is 1.29 bits per heavy atom.